The molecule has 0 radical (unpaired) electrons. The normalized spacial score (nSPS) is 21.9. The Morgan fingerprint density at radius 3 is 2.15 bits per heavy atom. The molecule has 0 aliphatic carbocycles. The van der Waals surface area contributed by atoms with E-state index in [9.17, 15) is 13.2 Å². The van der Waals surface area contributed by atoms with Crippen LogP contribution in [-0.4, -0.2) is 31.0 Å². The van der Waals surface area contributed by atoms with Crippen molar-refractivity contribution in [3.05, 3.63) is 71.3 Å². The van der Waals surface area contributed by atoms with Gasteiger partial charge in [0.25, 0.3) is 0 Å². The molecule has 144 valence electrons. The average Bonchev–Trinajstić information content (AvgIpc) is 2.87. The van der Waals surface area contributed by atoms with Crippen LogP contribution in [-0.2, 0) is 20.5 Å². The SMILES string of the molecule is Cc1ccc(C2(c3ccccc3)CN(C(=O)OC(C)(C)C)S(=O)(=O)N2)cc1. The minimum atomic E-state index is -4.06. The molecule has 0 bridgehead atoms. The summed E-state index contributed by atoms with van der Waals surface area (Å²) in [5.41, 5.74) is 0.698. The first-order chi connectivity index (χ1) is 12.5. The lowest BCUT2D eigenvalue weighted by Crippen LogP contribution is -2.41. The van der Waals surface area contributed by atoms with Gasteiger partial charge in [0.15, 0.2) is 0 Å². The molecule has 1 saturated heterocycles. The van der Waals surface area contributed by atoms with E-state index in [0.717, 1.165) is 21.0 Å². The first-order valence-corrected chi connectivity index (χ1v) is 10.1. The van der Waals surface area contributed by atoms with Crippen LogP contribution in [0.25, 0.3) is 0 Å². The number of hydrogen-bond acceptors (Lipinski definition) is 4. The molecule has 2 aromatic rings. The molecule has 1 fully saturated rings. The number of nitrogens with one attached hydrogen (secondary N) is 1. The van der Waals surface area contributed by atoms with Crippen molar-refractivity contribution in [2.45, 2.75) is 38.8 Å². The molecule has 27 heavy (non-hydrogen) atoms. The zero-order chi connectivity index (χ0) is 19.9. The van der Waals surface area contributed by atoms with E-state index in [4.69, 9.17) is 4.74 Å². The maximum absolute atomic E-state index is 12.8. The summed E-state index contributed by atoms with van der Waals surface area (Å²) >= 11 is 0. The Morgan fingerprint density at radius 1 is 1.04 bits per heavy atom. The highest BCUT2D eigenvalue weighted by molar-refractivity contribution is 7.88. The number of ether oxygens (including phenoxy) is 1. The second kappa shape index (κ2) is 6.65. The minimum absolute atomic E-state index is 0.0860. The summed E-state index contributed by atoms with van der Waals surface area (Å²) in [6.45, 7) is 6.98. The second-order valence-electron chi connectivity index (χ2n) is 7.73. The number of rotatable bonds is 2. The molecule has 0 spiro atoms. The van der Waals surface area contributed by atoms with Crippen molar-refractivity contribution in [3.8, 4) is 0 Å². The Labute approximate surface area is 160 Å². The summed E-state index contributed by atoms with van der Waals surface area (Å²) < 4.78 is 34.5. The van der Waals surface area contributed by atoms with Crippen LogP contribution in [0.4, 0.5) is 4.79 Å². The molecule has 2 aromatic carbocycles. The summed E-state index contributed by atoms with van der Waals surface area (Å²) in [7, 11) is -4.06. The molecule has 6 nitrogen and oxygen atoms in total. The first kappa shape index (κ1) is 19.4. The van der Waals surface area contributed by atoms with E-state index in [0.29, 0.717) is 0 Å². The molecular formula is C20H24N2O4S. The number of hydrogen-bond donors (Lipinski definition) is 1. The van der Waals surface area contributed by atoms with Crippen molar-refractivity contribution in [2.24, 2.45) is 0 Å². The van der Waals surface area contributed by atoms with Crippen molar-refractivity contribution in [2.75, 3.05) is 6.54 Å². The number of nitrogens with zero attached hydrogens (tertiary/aromatic N) is 1. The molecule has 0 aromatic heterocycles. The number of aryl methyl sites for hydroxylation is 1. The summed E-state index contributed by atoms with van der Waals surface area (Å²) in [4.78, 5) is 12.6. The van der Waals surface area contributed by atoms with Crippen molar-refractivity contribution in [1.29, 1.82) is 0 Å². The number of carbonyl (C=O) groups excluding carboxylic acids is 1. The number of benzene rings is 2. The lowest BCUT2D eigenvalue weighted by atomic mass is 9.83. The van der Waals surface area contributed by atoms with Crippen molar-refractivity contribution >= 4 is 16.3 Å². The maximum Gasteiger partial charge on any atom is 0.425 e. The Kier molecular flexibility index (Phi) is 4.78. The molecule has 1 aliphatic rings. The molecule has 1 amide bonds. The topological polar surface area (TPSA) is 75.7 Å². The van der Waals surface area contributed by atoms with Gasteiger partial charge in [-0.25, -0.2) is 4.79 Å². The lowest BCUT2D eigenvalue weighted by Gasteiger charge is -2.29. The van der Waals surface area contributed by atoms with Crippen LogP contribution in [0.1, 0.15) is 37.5 Å². The van der Waals surface area contributed by atoms with Crippen molar-refractivity contribution in [3.63, 3.8) is 0 Å². The second-order valence-corrected chi connectivity index (χ2v) is 9.33. The standard InChI is InChI=1S/C20H24N2O4S/c1-15-10-12-17(13-11-15)20(16-8-6-5-7-9-16)14-22(27(24,25)21-20)18(23)26-19(2,3)4/h5-13,21H,14H2,1-4H3. The molecule has 0 saturated carbocycles. The molecular weight excluding hydrogens is 364 g/mol. The van der Waals surface area contributed by atoms with E-state index in [1.807, 2.05) is 61.5 Å². The monoisotopic (exact) mass is 388 g/mol. The smallest absolute Gasteiger partial charge is 0.425 e. The van der Waals surface area contributed by atoms with Crippen LogP contribution < -0.4 is 4.72 Å². The number of carbonyl (C=O) groups is 1. The Balaban J connectivity index is 2.10. The highest BCUT2D eigenvalue weighted by Gasteiger charge is 2.52. The zero-order valence-corrected chi connectivity index (χ0v) is 16.7. The first-order valence-electron chi connectivity index (χ1n) is 8.71. The van der Waals surface area contributed by atoms with Gasteiger partial charge in [0.1, 0.15) is 11.1 Å². The Hall–Kier alpha value is -2.38. The van der Waals surface area contributed by atoms with Gasteiger partial charge in [0.05, 0.1) is 6.54 Å². The fourth-order valence-electron chi connectivity index (χ4n) is 3.11. The van der Waals surface area contributed by atoms with Crippen molar-refractivity contribution < 1.29 is 17.9 Å². The van der Waals surface area contributed by atoms with Crippen LogP contribution in [0.3, 0.4) is 0 Å². The molecule has 3 rings (SSSR count). The summed E-state index contributed by atoms with van der Waals surface area (Å²) in [6.07, 6.45) is -0.889. The Morgan fingerprint density at radius 2 is 1.59 bits per heavy atom. The van der Waals surface area contributed by atoms with E-state index < -0.39 is 27.4 Å². The highest BCUT2D eigenvalue weighted by Crippen LogP contribution is 2.37. The van der Waals surface area contributed by atoms with E-state index in [1.165, 1.54) is 0 Å². The maximum atomic E-state index is 12.8. The third-order valence-electron chi connectivity index (χ3n) is 4.38. The molecule has 1 aliphatic heterocycles. The van der Waals surface area contributed by atoms with Crippen LogP contribution in [0.15, 0.2) is 54.6 Å². The van der Waals surface area contributed by atoms with Crippen LogP contribution in [0.2, 0.25) is 0 Å². The molecule has 1 atom stereocenters. The zero-order valence-electron chi connectivity index (χ0n) is 15.9. The van der Waals surface area contributed by atoms with Gasteiger partial charge >= 0.3 is 16.3 Å². The third-order valence-corrected chi connectivity index (χ3v) is 5.85. The van der Waals surface area contributed by atoms with Crippen LogP contribution >= 0.6 is 0 Å². The van der Waals surface area contributed by atoms with Gasteiger partial charge in [-0.2, -0.15) is 17.4 Å². The largest absolute Gasteiger partial charge is 0.443 e. The molecule has 1 unspecified atom stereocenters. The predicted molar refractivity (Wildman–Crippen MR) is 103 cm³/mol. The summed E-state index contributed by atoms with van der Waals surface area (Å²) in [6, 6.07) is 16.8. The van der Waals surface area contributed by atoms with Gasteiger partial charge in [-0.05, 0) is 38.8 Å². The van der Waals surface area contributed by atoms with Gasteiger partial charge in [-0.1, -0.05) is 60.2 Å². The van der Waals surface area contributed by atoms with Gasteiger partial charge in [-0.3, -0.25) is 0 Å². The van der Waals surface area contributed by atoms with Crippen molar-refractivity contribution in [1.82, 2.24) is 9.03 Å². The van der Waals surface area contributed by atoms with Gasteiger partial charge in [0, 0.05) is 0 Å². The quantitative estimate of drug-likeness (QED) is 0.856. The minimum Gasteiger partial charge on any atom is -0.443 e. The summed E-state index contributed by atoms with van der Waals surface area (Å²) in [5, 5.41) is 0. The van der Waals surface area contributed by atoms with Gasteiger partial charge in [0.2, 0.25) is 0 Å². The summed E-state index contributed by atoms with van der Waals surface area (Å²) in [5.74, 6) is 0. The van der Waals surface area contributed by atoms with Crippen LogP contribution in [0.5, 0.6) is 0 Å². The molecule has 1 heterocycles. The van der Waals surface area contributed by atoms with E-state index in [1.54, 1.807) is 20.8 Å². The average molecular weight is 388 g/mol. The fraction of sp³-hybridized carbons (Fsp3) is 0.350. The molecule has 7 heteroatoms. The fourth-order valence-corrected chi connectivity index (χ4v) is 4.56. The van der Waals surface area contributed by atoms with E-state index in [2.05, 4.69) is 4.72 Å². The van der Waals surface area contributed by atoms with Crippen LogP contribution in [0, 0.1) is 6.92 Å². The predicted octanol–water partition coefficient (Wildman–Crippen LogP) is 3.32. The Bertz CT molecular complexity index is 934. The van der Waals surface area contributed by atoms with Gasteiger partial charge in [-0.15, -0.1) is 0 Å². The lowest BCUT2D eigenvalue weighted by molar-refractivity contribution is 0.0390. The molecule has 1 N–H and O–H groups in total. The highest BCUT2D eigenvalue weighted by atomic mass is 32.2. The van der Waals surface area contributed by atoms with Gasteiger partial charge < -0.3 is 4.74 Å². The van der Waals surface area contributed by atoms with E-state index in [-0.39, 0.29) is 6.54 Å². The third kappa shape index (κ3) is 3.84. The number of amides is 1. The van der Waals surface area contributed by atoms with E-state index >= 15 is 0 Å².